The quantitative estimate of drug-likeness (QED) is 0.623. The summed E-state index contributed by atoms with van der Waals surface area (Å²) in [7, 11) is 0. The predicted octanol–water partition coefficient (Wildman–Crippen LogP) is 3.66. The standard InChI is InChI=1S/C15H17ClN2O/c16-13-10-12(15(6-7-15)17-11-19)4-5-14(13)18-8-2-1-3-9-18/h4-5,10H,1-3,6-9H2. The highest BCUT2D eigenvalue weighted by molar-refractivity contribution is 6.33. The van der Waals surface area contributed by atoms with E-state index in [1.165, 1.54) is 19.3 Å². The highest BCUT2D eigenvalue weighted by Gasteiger charge is 2.45. The predicted molar refractivity (Wildman–Crippen MR) is 76.5 cm³/mol. The molecular formula is C15H17ClN2O. The molecule has 0 unspecified atom stereocenters. The molecule has 19 heavy (non-hydrogen) atoms. The molecular weight excluding hydrogens is 260 g/mol. The van der Waals surface area contributed by atoms with Crippen LogP contribution in [0.25, 0.3) is 0 Å². The van der Waals surface area contributed by atoms with Gasteiger partial charge in [0.05, 0.1) is 16.2 Å². The Labute approximate surface area is 118 Å². The number of rotatable bonds is 3. The first-order valence-corrected chi connectivity index (χ1v) is 7.27. The van der Waals surface area contributed by atoms with Gasteiger partial charge >= 0.3 is 0 Å². The Hall–Kier alpha value is -1.31. The lowest BCUT2D eigenvalue weighted by atomic mass is 10.0. The molecule has 0 bridgehead atoms. The molecule has 1 aliphatic carbocycles. The van der Waals surface area contributed by atoms with Crippen LogP contribution in [-0.2, 0) is 10.3 Å². The van der Waals surface area contributed by atoms with Gasteiger partial charge in [-0.25, -0.2) is 4.79 Å². The van der Waals surface area contributed by atoms with Crippen molar-refractivity contribution in [2.24, 2.45) is 4.99 Å². The summed E-state index contributed by atoms with van der Waals surface area (Å²) in [5.74, 6) is 0. The summed E-state index contributed by atoms with van der Waals surface area (Å²) < 4.78 is 0. The SMILES string of the molecule is O=C=NC1(c2ccc(N3CCCCC3)c(Cl)c2)CC1. The fourth-order valence-electron chi connectivity index (χ4n) is 2.86. The molecule has 0 spiro atoms. The number of halogens is 1. The van der Waals surface area contributed by atoms with Crippen molar-refractivity contribution in [3.05, 3.63) is 28.8 Å². The van der Waals surface area contributed by atoms with E-state index in [1.54, 1.807) is 6.08 Å². The van der Waals surface area contributed by atoms with E-state index in [2.05, 4.69) is 22.0 Å². The van der Waals surface area contributed by atoms with Crippen LogP contribution in [0.2, 0.25) is 5.02 Å². The van der Waals surface area contributed by atoms with Crippen molar-refractivity contribution in [3.8, 4) is 0 Å². The van der Waals surface area contributed by atoms with Gasteiger partial charge in [-0.1, -0.05) is 17.7 Å². The summed E-state index contributed by atoms with van der Waals surface area (Å²) in [6, 6.07) is 6.10. The molecule has 2 aliphatic rings. The molecule has 3 nitrogen and oxygen atoms in total. The number of piperidine rings is 1. The van der Waals surface area contributed by atoms with Gasteiger partial charge in [0, 0.05) is 13.1 Å². The van der Waals surface area contributed by atoms with Gasteiger partial charge in [0.25, 0.3) is 0 Å². The van der Waals surface area contributed by atoms with Gasteiger partial charge in [-0.15, -0.1) is 0 Å². The summed E-state index contributed by atoms with van der Waals surface area (Å²) >= 11 is 6.41. The van der Waals surface area contributed by atoms with E-state index >= 15 is 0 Å². The minimum absolute atomic E-state index is 0.328. The van der Waals surface area contributed by atoms with E-state index in [-0.39, 0.29) is 5.54 Å². The average Bonchev–Trinajstić information content (AvgIpc) is 3.21. The molecule has 1 aromatic carbocycles. The molecule has 1 saturated heterocycles. The zero-order valence-corrected chi connectivity index (χ0v) is 11.6. The first-order chi connectivity index (χ1) is 9.25. The molecule has 0 atom stereocenters. The largest absolute Gasteiger partial charge is 0.370 e. The molecule has 0 aromatic heterocycles. The third-order valence-electron chi connectivity index (χ3n) is 4.17. The summed E-state index contributed by atoms with van der Waals surface area (Å²) in [6.07, 6.45) is 7.30. The van der Waals surface area contributed by atoms with Crippen LogP contribution in [0.1, 0.15) is 37.7 Å². The lowest BCUT2D eigenvalue weighted by Gasteiger charge is -2.30. The molecule has 1 saturated carbocycles. The zero-order valence-electron chi connectivity index (χ0n) is 10.9. The second-order valence-electron chi connectivity index (χ2n) is 5.45. The highest BCUT2D eigenvalue weighted by Crippen LogP contribution is 2.50. The van der Waals surface area contributed by atoms with Crippen LogP contribution >= 0.6 is 11.6 Å². The number of anilines is 1. The number of isocyanates is 1. The van der Waals surface area contributed by atoms with Crippen LogP contribution in [0.15, 0.2) is 23.2 Å². The molecule has 0 amide bonds. The summed E-state index contributed by atoms with van der Waals surface area (Å²) in [6.45, 7) is 2.16. The average molecular weight is 277 g/mol. The van der Waals surface area contributed by atoms with Crippen LogP contribution in [0.4, 0.5) is 5.69 Å². The fraction of sp³-hybridized carbons (Fsp3) is 0.533. The number of aliphatic imine (C=N–C) groups is 1. The summed E-state index contributed by atoms with van der Waals surface area (Å²) in [4.78, 5) is 16.8. The first kappa shape index (κ1) is 12.7. The van der Waals surface area contributed by atoms with Gasteiger partial charge in [-0.3, -0.25) is 0 Å². The third kappa shape index (κ3) is 2.41. The van der Waals surface area contributed by atoms with Gasteiger partial charge in [-0.05, 0) is 49.8 Å². The maximum atomic E-state index is 10.5. The Morgan fingerprint density at radius 3 is 2.53 bits per heavy atom. The van der Waals surface area contributed by atoms with Crippen molar-refractivity contribution in [2.75, 3.05) is 18.0 Å². The Balaban J connectivity index is 1.87. The molecule has 3 rings (SSSR count). The van der Waals surface area contributed by atoms with Crippen LogP contribution in [0, 0.1) is 0 Å². The van der Waals surface area contributed by atoms with Crippen molar-refractivity contribution >= 4 is 23.4 Å². The van der Waals surface area contributed by atoms with Crippen LogP contribution in [0.3, 0.4) is 0 Å². The van der Waals surface area contributed by atoms with Crippen molar-refractivity contribution in [3.63, 3.8) is 0 Å². The van der Waals surface area contributed by atoms with Crippen molar-refractivity contribution in [1.29, 1.82) is 0 Å². The first-order valence-electron chi connectivity index (χ1n) is 6.89. The van der Waals surface area contributed by atoms with E-state index in [0.717, 1.165) is 42.2 Å². The number of benzene rings is 1. The molecule has 0 radical (unpaired) electrons. The third-order valence-corrected chi connectivity index (χ3v) is 4.47. The molecule has 1 aliphatic heterocycles. The Morgan fingerprint density at radius 1 is 1.21 bits per heavy atom. The molecule has 2 fully saturated rings. The summed E-state index contributed by atoms with van der Waals surface area (Å²) in [5, 5.41) is 0.770. The monoisotopic (exact) mass is 276 g/mol. The maximum Gasteiger partial charge on any atom is 0.235 e. The molecule has 1 aromatic rings. The maximum absolute atomic E-state index is 10.5. The van der Waals surface area contributed by atoms with E-state index in [1.807, 2.05) is 6.07 Å². The molecule has 100 valence electrons. The topological polar surface area (TPSA) is 32.7 Å². The zero-order chi connectivity index (χ0) is 13.3. The van der Waals surface area contributed by atoms with Gasteiger partial charge in [0.15, 0.2) is 0 Å². The summed E-state index contributed by atoms with van der Waals surface area (Å²) in [5.41, 5.74) is 1.82. The minimum atomic E-state index is -0.328. The smallest absolute Gasteiger partial charge is 0.235 e. The van der Waals surface area contributed by atoms with Gasteiger partial charge < -0.3 is 4.90 Å². The van der Waals surface area contributed by atoms with Crippen molar-refractivity contribution in [2.45, 2.75) is 37.6 Å². The lowest BCUT2D eigenvalue weighted by molar-refractivity contribution is 0.556. The second kappa shape index (κ2) is 4.99. The molecule has 1 heterocycles. The van der Waals surface area contributed by atoms with Gasteiger partial charge in [0.1, 0.15) is 0 Å². The fourth-order valence-corrected chi connectivity index (χ4v) is 3.16. The van der Waals surface area contributed by atoms with Crippen LogP contribution < -0.4 is 4.90 Å². The van der Waals surface area contributed by atoms with Crippen molar-refractivity contribution in [1.82, 2.24) is 0 Å². The van der Waals surface area contributed by atoms with E-state index in [4.69, 9.17) is 11.6 Å². The van der Waals surface area contributed by atoms with E-state index in [9.17, 15) is 4.79 Å². The van der Waals surface area contributed by atoms with Crippen LogP contribution in [0.5, 0.6) is 0 Å². The van der Waals surface area contributed by atoms with Gasteiger partial charge in [0.2, 0.25) is 6.08 Å². The normalized spacial score (nSPS) is 20.8. The van der Waals surface area contributed by atoms with E-state index < -0.39 is 0 Å². The number of carbonyl (C=O) groups excluding carboxylic acids is 1. The number of hydrogen-bond acceptors (Lipinski definition) is 3. The number of hydrogen-bond donors (Lipinski definition) is 0. The lowest BCUT2D eigenvalue weighted by Crippen LogP contribution is -2.29. The molecule has 0 N–H and O–H groups in total. The van der Waals surface area contributed by atoms with Crippen molar-refractivity contribution < 1.29 is 4.79 Å². The number of nitrogens with zero attached hydrogens (tertiary/aromatic N) is 2. The Bertz CT molecular complexity index is 527. The minimum Gasteiger partial charge on any atom is -0.370 e. The second-order valence-corrected chi connectivity index (χ2v) is 5.86. The highest BCUT2D eigenvalue weighted by atomic mass is 35.5. The van der Waals surface area contributed by atoms with Crippen LogP contribution in [-0.4, -0.2) is 19.2 Å². The Kier molecular flexibility index (Phi) is 3.34. The van der Waals surface area contributed by atoms with Gasteiger partial charge in [-0.2, -0.15) is 4.99 Å². The Morgan fingerprint density at radius 2 is 1.95 bits per heavy atom. The molecule has 4 heteroatoms. The van der Waals surface area contributed by atoms with E-state index in [0.29, 0.717) is 0 Å².